The van der Waals surface area contributed by atoms with Gasteiger partial charge < -0.3 is 0 Å². The van der Waals surface area contributed by atoms with Crippen LogP contribution in [0.2, 0.25) is 0 Å². The van der Waals surface area contributed by atoms with Crippen molar-refractivity contribution in [2.45, 2.75) is 76.7 Å². The molecule has 0 N–H and O–H groups in total. The third kappa shape index (κ3) is 6.09. The van der Waals surface area contributed by atoms with E-state index in [9.17, 15) is 9.18 Å². The van der Waals surface area contributed by atoms with E-state index < -0.39 is 0 Å². The third-order valence-corrected chi connectivity index (χ3v) is 8.70. The number of thiophene rings is 1. The standard InChI is InChI=1S/C26H30FNOS3/c27-20-14-12-19(13-15-20)23-17-16-22(31-23)18-24-25(29)28(26(30)32-24)21-10-8-6-4-2-1-3-5-7-9-11-21/h12-18,21H,1-11H2/b24-18+. The Morgan fingerprint density at radius 3 is 2.09 bits per heavy atom. The molecule has 2 heterocycles. The number of thiocarbonyl (C=S) groups is 1. The van der Waals surface area contributed by atoms with Crippen LogP contribution >= 0.6 is 35.3 Å². The summed E-state index contributed by atoms with van der Waals surface area (Å²) < 4.78 is 13.9. The lowest BCUT2D eigenvalue weighted by Crippen LogP contribution is -2.38. The number of benzene rings is 1. The van der Waals surface area contributed by atoms with E-state index in [1.807, 2.05) is 23.1 Å². The first-order valence-electron chi connectivity index (χ1n) is 11.7. The van der Waals surface area contributed by atoms with Crippen molar-refractivity contribution in [1.29, 1.82) is 0 Å². The van der Waals surface area contributed by atoms with Crippen molar-refractivity contribution in [3.63, 3.8) is 0 Å². The molecule has 2 fully saturated rings. The Labute approximate surface area is 204 Å². The summed E-state index contributed by atoms with van der Waals surface area (Å²) in [5.41, 5.74) is 0.983. The van der Waals surface area contributed by atoms with E-state index in [1.165, 1.54) is 81.7 Å². The first-order valence-corrected chi connectivity index (χ1v) is 13.8. The zero-order valence-electron chi connectivity index (χ0n) is 18.4. The van der Waals surface area contributed by atoms with Gasteiger partial charge in [0.1, 0.15) is 10.1 Å². The molecular formula is C26H30FNOS3. The van der Waals surface area contributed by atoms with Crippen LogP contribution in [0.5, 0.6) is 0 Å². The van der Waals surface area contributed by atoms with Crippen LogP contribution in [0.3, 0.4) is 0 Å². The zero-order valence-corrected chi connectivity index (χ0v) is 20.8. The van der Waals surface area contributed by atoms with Crippen LogP contribution < -0.4 is 0 Å². The largest absolute Gasteiger partial charge is 0.290 e. The maximum Gasteiger partial charge on any atom is 0.266 e. The van der Waals surface area contributed by atoms with Crippen LogP contribution in [-0.4, -0.2) is 21.2 Å². The summed E-state index contributed by atoms with van der Waals surface area (Å²) in [7, 11) is 0. The Bertz CT molecular complexity index is 954. The highest BCUT2D eigenvalue weighted by atomic mass is 32.2. The number of thioether (sulfide) groups is 1. The fourth-order valence-corrected chi connectivity index (χ4v) is 6.95. The Balaban J connectivity index is 1.46. The van der Waals surface area contributed by atoms with Crippen molar-refractivity contribution in [3.8, 4) is 10.4 Å². The lowest BCUT2D eigenvalue weighted by atomic mass is 9.97. The molecule has 32 heavy (non-hydrogen) atoms. The number of nitrogens with zero attached hydrogens (tertiary/aromatic N) is 1. The van der Waals surface area contributed by atoms with Gasteiger partial charge in [-0.2, -0.15) is 0 Å². The predicted molar refractivity (Wildman–Crippen MR) is 139 cm³/mol. The molecule has 4 rings (SSSR count). The van der Waals surface area contributed by atoms with E-state index in [0.717, 1.165) is 28.2 Å². The molecule has 1 aromatic carbocycles. The van der Waals surface area contributed by atoms with Gasteiger partial charge in [-0.1, -0.05) is 93.9 Å². The van der Waals surface area contributed by atoms with E-state index in [2.05, 4.69) is 0 Å². The van der Waals surface area contributed by atoms with Gasteiger partial charge in [0.05, 0.1) is 4.91 Å². The highest BCUT2D eigenvalue weighted by Gasteiger charge is 2.36. The third-order valence-electron chi connectivity index (χ3n) is 6.29. The Morgan fingerprint density at radius 2 is 1.47 bits per heavy atom. The van der Waals surface area contributed by atoms with Crippen molar-refractivity contribution >= 4 is 51.6 Å². The summed E-state index contributed by atoms with van der Waals surface area (Å²) in [6.45, 7) is 0. The Kier molecular flexibility index (Phi) is 8.55. The molecule has 0 radical (unpaired) electrons. The quantitative estimate of drug-likeness (QED) is 0.320. The van der Waals surface area contributed by atoms with Crippen LogP contribution in [0.25, 0.3) is 16.5 Å². The summed E-state index contributed by atoms with van der Waals surface area (Å²) in [5.74, 6) is -0.172. The molecule has 2 aromatic rings. The molecule has 1 aromatic heterocycles. The lowest BCUT2D eigenvalue weighted by molar-refractivity contribution is -0.123. The SMILES string of the molecule is O=C1/C(=C\c2ccc(-c3ccc(F)cc3)s2)SC(=S)N1C1CCCCCCCCCCC1. The topological polar surface area (TPSA) is 20.3 Å². The highest BCUT2D eigenvalue weighted by molar-refractivity contribution is 8.26. The summed E-state index contributed by atoms with van der Waals surface area (Å²) in [6.07, 6.45) is 15.6. The van der Waals surface area contributed by atoms with Gasteiger partial charge in [0.25, 0.3) is 5.91 Å². The summed E-state index contributed by atoms with van der Waals surface area (Å²) in [5, 5.41) is 0. The van der Waals surface area contributed by atoms with E-state index in [0.29, 0.717) is 9.23 Å². The van der Waals surface area contributed by atoms with Gasteiger partial charge in [0.2, 0.25) is 0 Å². The zero-order chi connectivity index (χ0) is 22.3. The molecule has 0 atom stereocenters. The van der Waals surface area contributed by atoms with Gasteiger partial charge in [-0.05, 0) is 48.7 Å². The van der Waals surface area contributed by atoms with Crippen molar-refractivity contribution in [2.24, 2.45) is 0 Å². The van der Waals surface area contributed by atoms with Crippen LogP contribution in [0.15, 0.2) is 41.3 Å². The van der Waals surface area contributed by atoms with E-state index >= 15 is 0 Å². The number of hydrogen-bond acceptors (Lipinski definition) is 4. The molecule has 0 unspecified atom stereocenters. The number of amides is 1. The van der Waals surface area contributed by atoms with Crippen molar-refractivity contribution in [2.75, 3.05) is 0 Å². The molecule has 1 amide bonds. The van der Waals surface area contributed by atoms with Gasteiger partial charge in [0.15, 0.2) is 0 Å². The van der Waals surface area contributed by atoms with Crippen molar-refractivity contribution < 1.29 is 9.18 Å². The molecule has 1 aliphatic carbocycles. The van der Waals surface area contributed by atoms with Gasteiger partial charge in [-0.3, -0.25) is 9.69 Å². The summed E-state index contributed by atoms with van der Waals surface area (Å²) in [6, 6.07) is 10.8. The fraction of sp³-hybridized carbons (Fsp3) is 0.462. The van der Waals surface area contributed by atoms with E-state index in [1.54, 1.807) is 23.5 Å². The average Bonchev–Trinajstić information content (AvgIpc) is 3.34. The normalized spacial score (nSPS) is 21.0. The fourth-order valence-electron chi connectivity index (χ4n) is 4.52. The minimum Gasteiger partial charge on any atom is -0.290 e. The van der Waals surface area contributed by atoms with E-state index in [4.69, 9.17) is 12.2 Å². The lowest BCUT2D eigenvalue weighted by Gasteiger charge is -2.27. The van der Waals surface area contributed by atoms with Gasteiger partial charge in [0, 0.05) is 15.8 Å². The first kappa shape index (κ1) is 23.7. The van der Waals surface area contributed by atoms with Crippen LogP contribution in [0, 0.1) is 5.82 Å². The molecule has 1 aliphatic heterocycles. The molecule has 1 saturated carbocycles. The molecule has 2 nitrogen and oxygen atoms in total. The minimum absolute atomic E-state index is 0.0637. The molecule has 0 bridgehead atoms. The van der Waals surface area contributed by atoms with Crippen LogP contribution in [-0.2, 0) is 4.79 Å². The smallest absolute Gasteiger partial charge is 0.266 e. The van der Waals surface area contributed by atoms with Gasteiger partial charge in [-0.15, -0.1) is 11.3 Å². The summed E-state index contributed by atoms with van der Waals surface area (Å²) >= 11 is 8.71. The maximum absolute atomic E-state index is 13.3. The summed E-state index contributed by atoms with van der Waals surface area (Å²) in [4.78, 5) is 18.0. The number of halogens is 1. The molecule has 2 aliphatic rings. The molecule has 0 spiro atoms. The number of hydrogen-bond donors (Lipinski definition) is 0. The number of carbonyl (C=O) groups excluding carboxylic acids is 1. The monoisotopic (exact) mass is 487 g/mol. The second-order valence-corrected chi connectivity index (χ2v) is 11.5. The van der Waals surface area contributed by atoms with Gasteiger partial charge in [-0.25, -0.2) is 4.39 Å². The van der Waals surface area contributed by atoms with Crippen LogP contribution in [0.1, 0.15) is 75.5 Å². The molecular weight excluding hydrogens is 457 g/mol. The number of rotatable bonds is 3. The van der Waals surface area contributed by atoms with E-state index in [-0.39, 0.29) is 17.8 Å². The Hall–Kier alpha value is -1.50. The highest BCUT2D eigenvalue weighted by Crippen LogP contribution is 2.38. The number of carbonyl (C=O) groups is 1. The van der Waals surface area contributed by atoms with Gasteiger partial charge >= 0.3 is 0 Å². The first-order chi connectivity index (χ1) is 15.6. The maximum atomic E-state index is 13.3. The van der Waals surface area contributed by atoms with Crippen molar-refractivity contribution in [3.05, 3.63) is 52.0 Å². The average molecular weight is 488 g/mol. The second kappa shape index (κ2) is 11.6. The minimum atomic E-state index is -0.235. The van der Waals surface area contributed by atoms with Crippen LogP contribution in [0.4, 0.5) is 4.39 Å². The Morgan fingerprint density at radius 1 is 0.875 bits per heavy atom. The molecule has 1 saturated heterocycles. The molecule has 6 heteroatoms. The predicted octanol–water partition coefficient (Wildman–Crippen LogP) is 8.43. The second-order valence-electron chi connectivity index (χ2n) is 8.67. The molecule has 170 valence electrons. The van der Waals surface area contributed by atoms with Crippen molar-refractivity contribution in [1.82, 2.24) is 4.90 Å².